The van der Waals surface area contributed by atoms with Gasteiger partial charge in [-0.1, -0.05) is 38.1 Å². The second kappa shape index (κ2) is 10.9. The minimum atomic E-state index is -0.245. The van der Waals surface area contributed by atoms with Crippen LogP contribution in [-0.2, 0) is 24.1 Å². The number of thiazole rings is 1. The minimum Gasteiger partial charge on any atom is -0.493 e. The van der Waals surface area contributed by atoms with Crippen LogP contribution in [0.15, 0.2) is 53.9 Å². The lowest BCUT2D eigenvalue weighted by atomic mass is 10.1. The van der Waals surface area contributed by atoms with E-state index in [4.69, 9.17) is 4.74 Å². The van der Waals surface area contributed by atoms with Crippen LogP contribution in [0.25, 0.3) is 0 Å². The third-order valence-corrected chi connectivity index (χ3v) is 5.35. The zero-order valence-corrected chi connectivity index (χ0v) is 18.2. The van der Waals surface area contributed by atoms with E-state index in [1.807, 2.05) is 29.6 Å². The molecule has 0 fully saturated rings. The minimum absolute atomic E-state index is 0.0366. The van der Waals surface area contributed by atoms with Gasteiger partial charge in [0.15, 0.2) is 0 Å². The first kappa shape index (κ1) is 22.0. The molecule has 4 nitrogen and oxygen atoms in total. The summed E-state index contributed by atoms with van der Waals surface area (Å²) in [5, 5.41) is 5.78. The highest BCUT2D eigenvalue weighted by Gasteiger charge is 2.08. The van der Waals surface area contributed by atoms with Gasteiger partial charge in [0.25, 0.3) is 0 Å². The number of halogens is 1. The molecular weight excluding hydrogens is 399 g/mol. The van der Waals surface area contributed by atoms with Crippen LogP contribution in [0.2, 0.25) is 0 Å². The molecule has 6 heteroatoms. The van der Waals surface area contributed by atoms with Gasteiger partial charge in [0.1, 0.15) is 11.6 Å². The van der Waals surface area contributed by atoms with Crippen molar-refractivity contribution in [2.75, 3.05) is 13.2 Å². The Kier molecular flexibility index (Phi) is 7.97. The second-order valence-corrected chi connectivity index (χ2v) is 8.60. The summed E-state index contributed by atoms with van der Waals surface area (Å²) >= 11 is 1.52. The van der Waals surface area contributed by atoms with E-state index >= 15 is 0 Å². The molecule has 0 aliphatic rings. The molecule has 2 aromatic carbocycles. The predicted octanol–water partition coefficient (Wildman–Crippen LogP) is 4.81. The average molecular weight is 427 g/mol. The Bertz CT molecular complexity index is 937. The lowest BCUT2D eigenvalue weighted by molar-refractivity contribution is -0.120. The maximum atomic E-state index is 13.0. The molecule has 0 atom stereocenters. The van der Waals surface area contributed by atoms with Crippen molar-refractivity contribution in [3.63, 3.8) is 0 Å². The molecule has 158 valence electrons. The van der Waals surface area contributed by atoms with E-state index in [1.165, 1.54) is 23.5 Å². The van der Waals surface area contributed by atoms with Crippen LogP contribution in [-0.4, -0.2) is 24.0 Å². The van der Waals surface area contributed by atoms with E-state index in [0.29, 0.717) is 25.5 Å². The normalized spacial score (nSPS) is 10.9. The van der Waals surface area contributed by atoms with Crippen molar-refractivity contribution in [3.05, 3.63) is 81.6 Å². The third-order valence-electron chi connectivity index (χ3n) is 4.45. The predicted molar refractivity (Wildman–Crippen MR) is 119 cm³/mol. The van der Waals surface area contributed by atoms with Gasteiger partial charge in [0.2, 0.25) is 5.91 Å². The zero-order chi connectivity index (χ0) is 21.3. The highest BCUT2D eigenvalue weighted by Crippen LogP contribution is 2.16. The first-order chi connectivity index (χ1) is 14.5. The van der Waals surface area contributed by atoms with Gasteiger partial charge >= 0.3 is 0 Å². The fourth-order valence-electron chi connectivity index (χ4n) is 2.88. The fraction of sp³-hybridized carbons (Fsp3) is 0.333. The summed E-state index contributed by atoms with van der Waals surface area (Å²) in [5.74, 6) is 1.09. The second-order valence-electron chi connectivity index (χ2n) is 7.66. The van der Waals surface area contributed by atoms with Gasteiger partial charge in [-0.15, -0.1) is 11.3 Å². The number of nitrogens with one attached hydrogen (secondary N) is 1. The summed E-state index contributed by atoms with van der Waals surface area (Å²) < 4.78 is 18.7. The van der Waals surface area contributed by atoms with Gasteiger partial charge in [0, 0.05) is 18.3 Å². The van der Waals surface area contributed by atoms with Crippen molar-refractivity contribution in [2.45, 2.75) is 33.1 Å². The van der Waals surface area contributed by atoms with Crippen LogP contribution >= 0.6 is 11.3 Å². The Morgan fingerprint density at radius 2 is 1.80 bits per heavy atom. The number of ether oxygens (including phenoxy) is 1. The van der Waals surface area contributed by atoms with Crippen LogP contribution < -0.4 is 10.1 Å². The summed E-state index contributed by atoms with van der Waals surface area (Å²) in [6, 6.07) is 14.4. The molecule has 3 aromatic rings. The van der Waals surface area contributed by atoms with Crippen molar-refractivity contribution in [3.8, 4) is 5.75 Å². The van der Waals surface area contributed by atoms with Gasteiger partial charge in [-0.2, -0.15) is 0 Å². The maximum absolute atomic E-state index is 13.0. The molecule has 0 unspecified atom stereocenters. The Balaban J connectivity index is 1.39. The van der Waals surface area contributed by atoms with Crippen LogP contribution in [0.1, 0.15) is 35.7 Å². The number of hydrogen-bond donors (Lipinski definition) is 1. The zero-order valence-electron chi connectivity index (χ0n) is 17.4. The van der Waals surface area contributed by atoms with Crippen molar-refractivity contribution in [2.24, 2.45) is 5.92 Å². The summed E-state index contributed by atoms with van der Waals surface area (Å²) in [6.45, 7) is 5.53. The number of hydrogen-bond acceptors (Lipinski definition) is 4. The number of amides is 1. The first-order valence-electron chi connectivity index (χ1n) is 10.1. The highest BCUT2D eigenvalue weighted by atomic mass is 32.1. The van der Waals surface area contributed by atoms with E-state index in [-0.39, 0.29) is 18.1 Å². The van der Waals surface area contributed by atoms with Crippen LogP contribution in [0, 0.1) is 11.7 Å². The smallest absolute Gasteiger partial charge is 0.226 e. The molecule has 1 aromatic heterocycles. The average Bonchev–Trinajstić information content (AvgIpc) is 3.15. The number of nitrogens with zero attached hydrogens (tertiary/aromatic N) is 1. The summed E-state index contributed by atoms with van der Waals surface area (Å²) in [5.41, 5.74) is 2.92. The molecule has 0 saturated heterocycles. The van der Waals surface area contributed by atoms with E-state index in [9.17, 15) is 9.18 Å². The van der Waals surface area contributed by atoms with E-state index in [0.717, 1.165) is 34.0 Å². The quantitative estimate of drug-likeness (QED) is 0.506. The van der Waals surface area contributed by atoms with E-state index in [2.05, 4.69) is 24.1 Å². The molecule has 1 amide bonds. The van der Waals surface area contributed by atoms with Gasteiger partial charge < -0.3 is 10.1 Å². The van der Waals surface area contributed by atoms with Crippen molar-refractivity contribution < 1.29 is 13.9 Å². The van der Waals surface area contributed by atoms with Gasteiger partial charge in [0.05, 0.1) is 23.7 Å². The molecule has 0 spiro atoms. The number of carbonyl (C=O) groups is 1. The highest BCUT2D eigenvalue weighted by molar-refractivity contribution is 7.09. The van der Waals surface area contributed by atoms with Crippen LogP contribution in [0.5, 0.6) is 5.75 Å². The molecule has 0 bridgehead atoms. The molecule has 0 saturated carbocycles. The van der Waals surface area contributed by atoms with Crippen molar-refractivity contribution >= 4 is 17.2 Å². The van der Waals surface area contributed by atoms with Gasteiger partial charge in [-0.05, 0) is 47.7 Å². The van der Waals surface area contributed by atoms with Gasteiger partial charge in [-0.25, -0.2) is 9.37 Å². The number of rotatable bonds is 10. The molecule has 0 aliphatic carbocycles. The largest absolute Gasteiger partial charge is 0.493 e. The SMILES string of the molecule is CC(C)COc1ccc(CCNC(=O)Cc2csc(Cc3ccc(F)cc3)n2)cc1. The number of aromatic nitrogens is 1. The molecule has 1 heterocycles. The Morgan fingerprint density at radius 3 is 2.50 bits per heavy atom. The maximum Gasteiger partial charge on any atom is 0.226 e. The topological polar surface area (TPSA) is 51.2 Å². The summed E-state index contributed by atoms with van der Waals surface area (Å²) in [6.07, 6.45) is 1.68. The lowest BCUT2D eigenvalue weighted by Gasteiger charge is -2.09. The van der Waals surface area contributed by atoms with Crippen molar-refractivity contribution in [1.82, 2.24) is 10.3 Å². The van der Waals surface area contributed by atoms with Crippen LogP contribution in [0.3, 0.4) is 0 Å². The molecule has 1 N–H and O–H groups in total. The van der Waals surface area contributed by atoms with Crippen LogP contribution in [0.4, 0.5) is 4.39 Å². The molecule has 0 radical (unpaired) electrons. The molecular formula is C24H27FN2O2S. The number of carbonyl (C=O) groups excluding carboxylic acids is 1. The number of benzene rings is 2. The third kappa shape index (κ3) is 7.26. The van der Waals surface area contributed by atoms with E-state index in [1.54, 1.807) is 12.1 Å². The Labute approximate surface area is 181 Å². The Morgan fingerprint density at radius 1 is 1.10 bits per heavy atom. The monoisotopic (exact) mass is 426 g/mol. The fourth-order valence-corrected chi connectivity index (χ4v) is 3.70. The molecule has 3 rings (SSSR count). The molecule has 30 heavy (non-hydrogen) atoms. The standard InChI is InChI=1S/C24H27FN2O2S/c1-17(2)15-29-22-9-5-18(6-10-22)11-12-26-23(28)14-21-16-30-24(27-21)13-19-3-7-20(25)8-4-19/h3-10,16-17H,11-15H2,1-2H3,(H,26,28). The molecule has 0 aliphatic heterocycles. The summed E-state index contributed by atoms with van der Waals surface area (Å²) in [7, 11) is 0. The van der Waals surface area contributed by atoms with Gasteiger partial charge in [-0.3, -0.25) is 4.79 Å². The lowest BCUT2D eigenvalue weighted by Crippen LogP contribution is -2.27. The van der Waals surface area contributed by atoms with Crippen molar-refractivity contribution in [1.29, 1.82) is 0 Å². The summed E-state index contributed by atoms with van der Waals surface area (Å²) in [4.78, 5) is 16.7. The first-order valence-corrected chi connectivity index (χ1v) is 11.0. The van der Waals surface area contributed by atoms with E-state index < -0.39 is 0 Å². The Hall–Kier alpha value is -2.73.